The lowest BCUT2D eigenvalue weighted by atomic mass is 10.2. The number of nitriles is 1. The van der Waals surface area contributed by atoms with Crippen LogP contribution in [0.4, 0.5) is 11.5 Å². The zero-order valence-corrected chi connectivity index (χ0v) is 10.2. The van der Waals surface area contributed by atoms with E-state index in [2.05, 4.69) is 11.1 Å². The van der Waals surface area contributed by atoms with Crippen LogP contribution >= 0.6 is 11.6 Å². The van der Waals surface area contributed by atoms with E-state index in [0.29, 0.717) is 23.1 Å². The Hall–Kier alpha value is -1.47. The van der Waals surface area contributed by atoms with E-state index in [4.69, 9.17) is 22.6 Å². The lowest BCUT2D eigenvalue weighted by molar-refractivity contribution is 0.680. The number of nitrogens with two attached hydrogens (primary N) is 1. The molecule has 0 saturated heterocycles. The summed E-state index contributed by atoms with van der Waals surface area (Å²) in [6.07, 6.45) is 1.57. The average Bonchev–Trinajstić information content (AvgIpc) is 2.26. The van der Waals surface area contributed by atoms with Crippen molar-refractivity contribution >= 4 is 23.1 Å². The smallest absolute Gasteiger partial charge is 0.147 e. The van der Waals surface area contributed by atoms with Gasteiger partial charge in [0.1, 0.15) is 5.82 Å². The molecule has 86 valence electrons. The molecule has 1 unspecified atom stereocenters. The molecule has 0 spiro atoms. The van der Waals surface area contributed by atoms with Crippen LogP contribution in [0.3, 0.4) is 0 Å². The highest BCUT2D eigenvalue weighted by molar-refractivity contribution is 6.33. The number of halogens is 1. The van der Waals surface area contributed by atoms with Crippen molar-refractivity contribution in [1.29, 1.82) is 5.26 Å². The van der Waals surface area contributed by atoms with Crippen molar-refractivity contribution in [2.24, 2.45) is 5.92 Å². The second-order valence-corrected chi connectivity index (χ2v) is 4.05. The maximum absolute atomic E-state index is 8.79. The molecule has 1 rings (SSSR count). The number of hydrogen-bond acceptors (Lipinski definition) is 4. The molecule has 1 heterocycles. The third kappa shape index (κ3) is 3.01. The van der Waals surface area contributed by atoms with E-state index in [-0.39, 0.29) is 5.92 Å². The summed E-state index contributed by atoms with van der Waals surface area (Å²) in [6, 6.07) is 3.86. The molecule has 1 atom stereocenters. The molecule has 0 aliphatic rings. The van der Waals surface area contributed by atoms with Crippen LogP contribution in [0.25, 0.3) is 0 Å². The Bertz CT molecular complexity index is 399. The first-order chi connectivity index (χ1) is 7.58. The van der Waals surface area contributed by atoms with E-state index >= 15 is 0 Å². The van der Waals surface area contributed by atoms with Crippen LogP contribution in [0.5, 0.6) is 0 Å². The van der Waals surface area contributed by atoms with Gasteiger partial charge in [0.2, 0.25) is 0 Å². The molecule has 0 aromatic carbocycles. The Labute approximate surface area is 101 Å². The highest BCUT2D eigenvalue weighted by Crippen LogP contribution is 2.25. The van der Waals surface area contributed by atoms with Crippen LogP contribution < -0.4 is 10.6 Å². The lowest BCUT2D eigenvalue weighted by Crippen LogP contribution is -2.28. The Balaban J connectivity index is 2.91. The number of nitrogen functional groups attached to an aromatic ring is 1. The molecule has 1 aromatic rings. The summed E-state index contributed by atoms with van der Waals surface area (Å²) in [5.41, 5.74) is 6.12. The van der Waals surface area contributed by atoms with Gasteiger partial charge in [0.25, 0.3) is 0 Å². The maximum atomic E-state index is 8.79. The van der Waals surface area contributed by atoms with Gasteiger partial charge in [-0.1, -0.05) is 11.6 Å². The van der Waals surface area contributed by atoms with Crippen LogP contribution in [-0.2, 0) is 0 Å². The van der Waals surface area contributed by atoms with Crippen LogP contribution in [0, 0.1) is 17.2 Å². The van der Waals surface area contributed by atoms with Crippen LogP contribution in [-0.4, -0.2) is 18.1 Å². The maximum Gasteiger partial charge on any atom is 0.147 e. The van der Waals surface area contributed by atoms with Gasteiger partial charge in [-0.2, -0.15) is 5.26 Å². The van der Waals surface area contributed by atoms with E-state index in [9.17, 15) is 0 Å². The van der Waals surface area contributed by atoms with E-state index in [1.54, 1.807) is 12.3 Å². The Morgan fingerprint density at radius 1 is 1.69 bits per heavy atom. The summed E-state index contributed by atoms with van der Waals surface area (Å²) in [7, 11) is 0. The van der Waals surface area contributed by atoms with Crippen molar-refractivity contribution in [1.82, 2.24) is 4.98 Å². The highest BCUT2D eigenvalue weighted by Gasteiger charge is 2.13. The SMILES string of the molecule is CCN(CC(C)C#N)c1ncc(N)cc1Cl. The predicted molar refractivity (Wildman–Crippen MR) is 66.3 cm³/mol. The average molecular weight is 239 g/mol. The first-order valence-electron chi connectivity index (χ1n) is 5.14. The largest absolute Gasteiger partial charge is 0.397 e. The molecule has 1 aromatic heterocycles. The Morgan fingerprint density at radius 2 is 2.38 bits per heavy atom. The van der Waals surface area contributed by atoms with Crippen molar-refractivity contribution in [3.05, 3.63) is 17.3 Å². The second-order valence-electron chi connectivity index (χ2n) is 3.64. The summed E-state index contributed by atoms with van der Waals surface area (Å²) >= 11 is 6.06. The quantitative estimate of drug-likeness (QED) is 0.874. The van der Waals surface area contributed by atoms with Gasteiger partial charge in [0.15, 0.2) is 0 Å². The predicted octanol–water partition coefficient (Wildman–Crippen LogP) is 2.30. The molecule has 0 aliphatic carbocycles. The first-order valence-corrected chi connectivity index (χ1v) is 5.51. The van der Waals surface area contributed by atoms with Gasteiger partial charge in [0, 0.05) is 13.1 Å². The van der Waals surface area contributed by atoms with Crippen LogP contribution in [0.15, 0.2) is 12.3 Å². The molecule has 0 fully saturated rings. The molecular formula is C11H15ClN4. The van der Waals surface area contributed by atoms with E-state index in [1.165, 1.54) is 0 Å². The summed E-state index contributed by atoms with van der Waals surface area (Å²) in [6.45, 7) is 5.23. The summed E-state index contributed by atoms with van der Waals surface area (Å²) in [5, 5.41) is 9.31. The van der Waals surface area contributed by atoms with Gasteiger partial charge in [-0.3, -0.25) is 0 Å². The highest BCUT2D eigenvalue weighted by atomic mass is 35.5. The van der Waals surface area contributed by atoms with Gasteiger partial charge < -0.3 is 10.6 Å². The Kier molecular flexibility index (Phi) is 4.39. The molecule has 0 radical (unpaired) electrons. The summed E-state index contributed by atoms with van der Waals surface area (Å²) in [4.78, 5) is 6.16. The fourth-order valence-electron chi connectivity index (χ4n) is 1.41. The van der Waals surface area contributed by atoms with Gasteiger partial charge >= 0.3 is 0 Å². The topological polar surface area (TPSA) is 65.9 Å². The summed E-state index contributed by atoms with van der Waals surface area (Å²) < 4.78 is 0. The fraction of sp³-hybridized carbons (Fsp3) is 0.455. The number of aromatic nitrogens is 1. The second kappa shape index (κ2) is 5.57. The van der Waals surface area contributed by atoms with Gasteiger partial charge in [-0.25, -0.2) is 4.98 Å². The Morgan fingerprint density at radius 3 is 2.88 bits per heavy atom. The first kappa shape index (κ1) is 12.6. The number of anilines is 2. The van der Waals surface area contributed by atoms with Crippen LogP contribution in [0.1, 0.15) is 13.8 Å². The molecule has 0 saturated carbocycles. The van der Waals surface area contributed by atoms with E-state index in [1.807, 2.05) is 18.7 Å². The van der Waals surface area contributed by atoms with Crippen molar-refractivity contribution in [2.75, 3.05) is 23.7 Å². The van der Waals surface area contributed by atoms with E-state index < -0.39 is 0 Å². The minimum atomic E-state index is -0.0598. The molecule has 0 bridgehead atoms. The molecule has 0 amide bonds. The van der Waals surface area contributed by atoms with Crippen molar-refractivity contribution in [3.63, 3.8) is 0 Å². The van der Waals surface area contributed by atoms with Gasteiger partial charge in [-0.05, 0) is 19.9 Å². The zero-order chi connectivity index (χ0) is 12.1. The van der Waals surface area contributed by atoms with Crippen LogP contribution in [0.2, 0.25) is 5.02 Å². The third-order valence-electron chi connectivity index (χ3n) is 2.24. The number of nitrogens with zero attached hydrogens (tertiary/aromatic N) is 3. The lowest BCUT2D eigenvalue weighted by Gasteiger charge is -2.23. The third-order valence-corrected chi connectivity index (χ3v) is 2.52. The molecule has 5 heteroatoms. The molecule has 2 N–H and O–H groups in total. The molecule has 16 heavy (non-hydrogen) atoms. The zero-order valence-electron chi connectivity index (χ0n) is 9.44. The molecule has 0 aliphatic heterocycles. The molecule has 4 nitrogen and oxygen atoms in total. The minimum absolute atomic E-state index is 0.0598. The number of pyridine rings is 1. The number of rotatable bonds is 4. The molecular weight excluding hydrogens is 224 g/mol. The standard InChI is InChI=1S/C11H15ClN4/c1-3-16(7-8(2)5-13)11-10(12)4-9(14)6-15-11/h4,6,8H,3,7,14H2,1-2H3. The minimum Gasteiger partial charge on any atom is -0.397 e. The normalized spacial score (nSPS) is 11.9. The monoisotopic (exact) mass is 238 g/mol. The number of hydrogen-bond donors (Lipinski definition) is 1. The fourth-order valence-corrected chi connectivity index (χ4v) is 1.71. The van der Waals surface area contributed by atoms with E-state index in [0.717, 1.165) is 6.54 Å². The van der Waals surface area contributed by atoms with Crippen molar-refractivity contribution in [3.8, 4) is 6.07 Å². The van der Waals surface area contributed by atoms with Gasteiger partial charge in [0.05, 0.1) is 28.9 Å². The van der Waals surface area contributed by atoms with Crippen molar-refractivity contribution < 1.29 is 0 Å². The van der Waals surface area contributed by atoms with Gasteiger partial charge in [-0.15, -0.1) is 0 Å². The summed E-state index contributed by atoms with van der Waals surface area (Å²) in [5.74, 6) is 0.621. The van der Waals surface area contributed by atoms with Crippen molar-refractivity contribution in [2.45, 2.75) is 13.8 Å².